The summed E-state index contributed by atoms with van der Waals surface area (Å²) in [5.74, 6) is -1.73. The van der Waals surface area contributed by atoms with Crippen LogP contribution in [0.4, 0.5) is 17.6 Å². The summed E-state index contributed by atoms with van der Waals surface area (Å²) in [4.78, 5) is 12.7. The minimum Gasteiger partial charge on any atom is -0.337 e. The molecule has 4 N–H and O–H groups in total. The smallest absolute Gasteiger partial charge is 0.257 e. The summed E-state index contributed by atoms with van der Waals surface area (Å²) in [7, 11) is 0. The first-order valence-electron chi connectivity index (χ1n) is 10.3. The average molecular weight is 437 g/mol. The zero-order chi connectivity index (χ0) is 22.8. The third-order valence-electron chi connectivity index (χ3n) is 5.33. The number of carbonyl (C=O) groups is 1. The van der Waals surface area contributed by atoms with Crippen LogP contribution in [0.15, 0.2) is 42.5 Å². The molecule has 0 radical (unpaired) electrons. The van der Waals surface area contributed by atoms with Crippen LogP contribution in [0.3, 0.4) is 0 Å². The van der Waals surface area contributed by atoms with Gasteiger partial charge in [0.25, 0.3) is 6.43 Å². The van der Waals surface area contributed by atoms with Crippen molar-refractivity contribution in [2.24, 2.45) is 11.7 Å². The minimum atomic E-state index is -2.77. The zero-order valence-corrected chi connectivity index (χ0v) is 17.5. The van der Waals surface area contributed by atoms with Crippen LogP contribution in [0.5, 0.6) is 0 Å². The van der Waals surface area contributed by atoms with Gasteiger partial charge in [-0.3, -0.25) is 10.1 Å². The van der Waals surface area contributed by atoms with E-state index in [9.17, 15) is 22.4 Å². The first-order chi connectivity index (χ1) is 14.6. The Kier molecular flexibility index (Phi) is 7.01. The molecule has 168 valence electrons. The molecule has 4 nitrogen and oxygen atoms in total. The van der Waals surface area contributed by atoms with Gasteiger partial charge in [-0.25, -0.2) is 17.6 Å². The number of carbonyl (C=O) groups excluding carboxylic acids is 1. The first kappa shape index (κ1) is 23.2. The lowest BCUT2D eigenvalue weighted by Crippen LogP contribution is -2.53. The Bertz CT molecular complexity index is 914. The molecule has 0 bridgehead atoms. The summed E-state index contributed by atoms with van der Waals surface area (Å²) in [5, 5.41) is 5.52. The number of nitrogens with one attached hydrogen (secondary N) is 2. The number of halogens is 4. The van der Waals surface area contributed by atoms with Gasteiger partial charge in [0.1, 0.15) is 11.6 Å². The molecule has 1 aliphatic rings. The molecular formula is C23H27F4N3O. The van der Waals surface area contributed by atoms with Crippen LogP contribution in [-0.4, -0.2) is 24.0 Å². The van der Waals surface area contributed by atoms with Crippen molar-refractivity contribution < 1.29 is 22.4 Å². The highest BCUT2D eigenvalue weighted by Crippen LogP contribution is 2.30. The van der Waals surface area contributed by atoms with E-state index in [2.05, 4.69) is 10.6 Å². The summed E-state index contributed by atoms with van der Waals surface area (Å²) in [6, 6.07) is 6.88. The molecule has 3 rings (SSSR count). The molecular weight excluding hydrogens is 410 g/mol. The second-order valence-corrected chi connectivity index (χ2v) is 8.55. The van der Waals surface area contributed by atoms with Crippen molar-refractivity contribution in [2.45, 2.75) is 57.3 Å². The molecule has 0 spiro atoms. The van der Waals surface area contributed by atoms with Crippen LogP contribution in [-0.2, 0) is 4.79 Å². The Labute approximate surface area is 179 Å². The number of hydrogen-bond donors (Lipinski definition) is 3. The van der Waals surface area contributed by atoms with E-state index in [4.69, 9.17) is 5.73 Å². The van der Waals surface area contributed by atoms with Crippen LogP contribution < -0.4 is 16.4 Å². The Morgan fingerprint density at radius 2 is 1.74 bits per heavy atom. The van der Waals surface area contributed by atoms with Crippen molar-refractivity contribution in [3.05, 3.63) is 59.7 Å². The molecule has 1 aliphatic carbocycles. The molecule has 1 saturated carbocycles. The van der Waals surface area contributed by atoms with Gasteiger partial charge in [0.15, 0.2) is 0 Å². The number of hydrogen-bond acceptors (Lipinski definition) is 3. The fourth-order valence-electron chi connectivity index (χ4n) is 3.44. The zero-order valence-electron chi connectivity index (χ0n) is 17.5. The number of nitrogens with two attached hydrogens (primary N) is 1. The quantitative estimate of drug-likeness (QED) is 0.400. The monoisotopic (exact) mass is 437 g/mol. The highest BCUT2D eigenvalue weighted by atomic mass is 19.3. The third kappa shape index (κ3) is 6.04. The van der Waals surface area contributed by atoms with E-state index in [0.29, 0.717) is 24.8 Å². The van der Waals surface area contributed by atoms with E-state index in [-0.39, 0.29) is 17.0 Å². The van der Waals surface area contributed by atoms with E-state index in [0.717, 1.165) is 12.1 Å². The molecule has 0 heterocycles. The molecule has 2 atom stereocenters. The molecule has 1 amide bonds. The van der Waals surface area contributed by atoms with Gasteiger partial charge in [-0.1, -0.05) is 38.1 Å². The van der Waals surface area contributed by atoms with E-state index >= 15 is 0 Å². The van der Waals surface area contributed by atoms with Crippen molar-refractivity contribution in [3.63, 3.8) is 0 Å². The summed E-state index contributed by atoms with van der Waals surface area (Å²) in [6.45, 7) is 3.81. The largest absolute Gasteiger partial charge is 0.337 e. The van der Waals surface area contributed by atoms with Gasteiger partial charge in [-0.15, -0.1) is 0 Å². The van der Waals surface area contributed by atoms with E-state index in [1.807, 2.05) is 13.8 Å². The molecule has 1 fully saturated rings. The van der Waals surface area contributed by atoms with Gasteiger partial charge in [-0.05, 0) is 48.4 Å². The molecule has 2 aromatic rings. The Morgan fingerprint density at radius 3 is 2.26 bits per heavy atom. The van der Waals surface area contributed by atoms with Crippen molar-refractivity contribution in [2.75, 3.05) is 0 Å². The summed E-state index contributed by atoms with van der Waals surface area (Å²) in [6.07, 6.45) is -1.09. The molecule has 0 saturated heterocycles. The van der Waals surface area contributed by atoms with Gasteiger partial charge in [0, 0.05) is 11.6 Å². The van der Waals surface area contributed by atoms with Gasteiger partial charge < -0.3 is 11.1 Å². The topological polar surface area (TPSA) is 67.2 Å². The van der Waals surface area contributed by atoms with E-state index in [1.165, 1.54) is 30.3 Å². The van der Waals surface area contributed by atoms with Crippen LogP contribution >= 0.6 is 0 Å². The molecule has 31 heavy (non-hydrogen) atoms. The molecule has 0 aliphatic heterocycles. The van der Waals surface area contributed by atoms with Gasteiger partial charge in [-0.2, -0.15) is 0 Å². The highest BCUT2D eigenvalue weighted by molar-refractivity contribution is 5.82. The average Bonchev–Trinajstić information content (AvgIpc) is 3.41. The SMILES string of the molecule is CC(C)C[C@H](N[C@@H](c1ccc(-c2ccc(F)cc2F)cc1)C(F)F)C(=O)NC1(N)CC1. The lowest BCUT2D eigenvalue weighted by molar-refractivity contribution is -0.125. The first-order valence-corrected chi connectivity index (χ1v) is 10.3. The van der Waals surface area contributed by atoms with Gasteiger partial charge >= 0.3 is 0 Å². The number of alkyl halides is 2. The predicted molar refractivity (Wildman–Crippen MR) is 111 cm³/mol. The summed E-state index contributed by atoms with van der Waals surface area (Å²) >= 11 is 0. The Hall–Kier alpha value is -2.45. The highest BCUT2D eigenvalue weighted by Gasteiger charge is 2.41. The van der Waals surface area contributed by atoms with E-state index < -0.39 is 41.7 Å². The van der Waals surface area contributed by atoms with Gasteiger partial charge in [0.05, 0.1) is 17.7 Å². The van der Waals surface area contributed by atoms with Crippen LogP contribution in [0.2, 0.25) is 0 Å². The Morgan fingerprint density at radius 1 is 1.10 bits per heavy atom. The molecule has 0 unspecified atom stereocenters. The fraction of sp³-hybridized carbons (Fsp3) is 0.435. The lowest BCUT2D eigenvalue weighted by atomic mass is 9.98. The van der Waals surface area contributed by atoms with Crippen molar-refractivity contribution >= 4 is 5.91 Å². The second kappa shape index (κ2) is 9.36. The number of amides is 1. The Balaban J connectivity index is 1.80. The van der Waals surface area contributed by atoms with Crippen molar-refractivity contribution in [1.82, 2.24) is 10.6 Å². The normalized spacial score (nSPS) is 16.9. The van der Waals surface area contributed by atoms with Crippen LogP contribution in [0.1, 0.15) is 44.7 Å². The third-order valence-corrected chi connectivity index (χ3v) is 5.33. The van der Waals surface area contributed by atoms with Crippen LogP contribution in [0, 0.1) is 17.6 Å². The fourth-order valence-corrected chi connectivity index (χ4v) is 3.44. The maximum atomic E-state index is 14.0. The number of rotatable bonds is 9. The summed E-state index contributed by atoms with van der Waals surface area (Å²) < 4.78 is 55.0. The standard InChI is InChI=1S/C23H27F4N3O/c1-13(2)11-19(22(31)30-23(28)9-10-23)29-20(21(26)27)15-5-3-14(4-6-15)17-8-7-16(24)12-18(17)25/h3-8,12-13,19-21,29H,9-11,28H2,1-2H3,(H,30,31)/t19-,20-/m0/s1. The maximum Gasteiger partial charge on any atom is 0.257 e. The second-order valence-electron chi connectivity index (χ2n) is 8.55. The molecule has 0 aromatic heterocycles. The van der Waals surface area contributed by atoms with Crippen LogP contribution in [0.25, 0.3) is 11.1 Å². The van der Waals surface area contributed by atoms with Crippen molar-refractivity contribution in [3.8, 4) is 11.1 Å². The predicted octanol–water partition coefficient (Wildman–Crippen LogP) is 4.51. The number of benzene rings is 2. The van der Waals surface area contributed by atoms with E-state index in [1.54, 1.807) is 0 Å². The molecule has 2 aromatic carbocycles. The lowest BCUT2D eigenvalue weighted by Gasteiger charge is -2.27. The summed E-state index contributed by atoms with van der Waals surface area (Å²) in [5.41, 5.74) is 6.07. The van der Waals surface area contributed by atoms with Crippen molar-refractivity contribution in [1.29, 1.82) is 0 Å². The van der Waals surface area contributed by atoms with Gasteiger partial charge in [0.2, 0.25) is 5.91 Å². The minimum absolute atomic E-state index is 0.0957. The maximum absolute atomic E-state index is 14.0. The molecule has 8 heteroatoms.